The van der Waals surface area contributed by atoms with Gasteiger partial charge in [0.25, 0.3) is 5.91 Å². The number of rotatable bonds is 5. The number of likely N-dealkylation sites (tertiary alicyclic amines) is 1. The van der Waals surface area contributed by atoms with E-state index in [0.29, 0.717) is 24.9 Å². The highest BCUT2D eigenvalue weighted by Gasteiger charge is 2.35. The SMILES string of the molecule is Cc1ccc(C(=O)N2CCC[C@@H](C)[C@H]2CCc2ncc(C(F)(F)F)cn2)c(-n2nccn2)c1F. The summed E-state index contributed by atoms with van der Waals surface area (Å²) in [5.41, 5.74) is -0.380. The Bertz CT molecular complexity index is 1150. The molecule has 1 fully saturated rings. The lowest BCUT2D eigenvalue weighted by atomic mass is 9.87. The summed E-state index contributed by atoms with van der Waals surface area (Å²) in [4.78, 5) is 24.2. The molecule has 0 N–H and O–H groups in total. The van der Waals surface area contributed by atoms with Crippen LogP contribution in [0.3, 0.4) is 0 Å². The number of halogens is 4. The van der Waals surface area contributed by atoms with Crippen LogP contribution in [0.5, 0.6) is 0 Å². The molecule has 0 radical (unpaired) electrons. The van der Waals surface area contributed by atoms with Crippen molar-refractivity contribution in [1.82, 2.24) is 29.9 Å². The molecule has 1 aliphatic rings. The van der Waals surface area contributed by atoms with E-state index in [1.54, 1.807) is 24.0 Å². The minimum atomic E-state index is -4.50. The lowest BCUT2D eigenvalue weighted by Gasteiger charge is -2.40. The second-order valence-corrected chi connectivity index (χ2v) is 8.52. The molecule has 1 aromatic carbocycles. The summed E-state index contributed by atoms with van der Waals surface area (Å²) in [5.74, 6) is -0.479. The van der Waals surface area contributed by atoms with Gasteiger partial charge < -0.3 is 4.90 Å². The van der Waals surface area contributed by atoms with E-state index in [-0.39, 0.29) is 34.9 Å². The van der Waals surface area contributed by atoms with Crippen LogP contribution in [0.1, 0.15) is 53.5 Å². The summed E-state index contributed by atoms with van der Waals surface area (Å²) in [6, 6.07) is 2.93. The van der Waals surface area contributed by atoms with E-state index in [1.807, 2.05) is 6.92 Å². The van der Waals surface area contributed by atoms with Gasteiger partial charge in [-0.1, -0.05) is 13.0 Å². The van der Waals surface area contributed by atoms with E-state index in [1.165, 1.54) is 12.4 Å². The highest BCUT2D eigenvalue weighted by molar-refractivity contribution is 5.98. The van der Waals surface area contributed by atoms with Crippen LogP contribution in [0.4, 0.5) is 17.6 Å². The first kappa shape index (κ1) is 23.8. The smallest absolute Gasteiger partial charge is 0.335 e. The number of hydrogen-bond donors (Lipinski definition) is 0. The van der Waals surface area contributed by atoms with Gasteiger partial charge in [0.05, 0.1) is 23.5 Å². The molecule has 180 valence electrons. The van der Waals surface area contributed by atoms with Gasteiger partial charge in [0.15, 0.2) is 5.82 Å². The van der Waals surface area contributed by atoms with E-state index < -0.39 is 17.6 Å². The van der Waals surface area contributed by atoms with Gasteiger partial charge in [-0.3, -0.25) is 4.79 Å². The van der Waals surface area contributed by atoms with Crippen LogP contribution in [0, 0.1) is 18.7 Å². The molecule has 11 heteroatoms. The number of carbonyl (C=O) groups is 1. The van der Waals surface area contributed by atoms with Crippen molar-refractivity contribution in [3.63, 3.8) is 0 Å². The molecule has 2 atom stereocenters. The molecule has 0 spiro atoms. The number of hydrogen-bond acceptors (Lipinski definition) is 5. The number of piperidine rings is 1. The third kappa shape index (κ3) is 4.78. The molecule has 0 bridgehead atoms. The fraction of sp³-hybridized carbons (Fsp3) is 0.435. The average molecular weight is 476 g/mol. The van der Waals surface area contributed by atoms with Crippen molar-refractivity contribution in [2.24, 2.45) is 5.92 Å². The number of alkyl halides is 3. The average Bonchev–Trinajstić information content (AvgIpc) is 3.33. The zero-order valence-electron chi connectivity index (χ0n) is 18.8. The molecule has 0 saturated carbocycles. The fourth-order valence-electron chi connectivity index (χ4n) is 4.37. The molecule has 1 saturated heterocycles. The minimum Gasteiger partial charge on any atom is -0.335 e. The first-order valence-corrected chi connectivity index (χ1v) is 11.0. The summed E-state index contributed by atoms with van der Waals surface area (Å²) in [5, 5.41) is 8.02. The first-order valence-electron chi connectivity index (χ1n) is 11.0. The maximum absolute atomic E-state index is 15.0. The minimum absolute atomic E-state index is 0.00181. The van der Waals surface area contributed by atoms with Gasteiger partial charge in [0.1, 0.15) is 11.5 Å². The van der Waals surface area contributed by atoms with Crippen molar-refractivity contribution in [1.29, 1.82) is 0 Å². The van der Waals surface area contributed by atoms with Crippen molar-refractivity contribution in [3.05, 3.63) is 65.3 Å². The van der Waals surface area contributed by atoms with E-state index in [4.69, 9.17) is 0 Å². The molecule has 1 aliphatic heterocycles. The normalized spacial score (nSPS) is 18.8. The monoisotopic (exact) mass is 476 g/mol. The number of benzene rings is 1. The molecule has 0 unspecified atom stereocenters. The fourth-order valence-corrected chi connectivity index (χ4v) is 4.37. The highest BCUT2D eigenvalue weighted by Crippen LogP contribution is 2.31. The largest absolute Gasteiger partial charge is 0.419 e. The number of amides is 1. The molecule has 3 heterocycles. The Balaban J connectivity index is 1.58. The van der Waals surface area contributed by atoms with Crippen LogP contribution in [-0.2, 0) is 12.6 Å². The Kier molecular flexibility index (Phi) is 6.63. The lowest BCUT2D eigenvalue weighted by Crippen LogP contribution is -2.48. The van der Waals surface area contributed by atoms with Crippen molar-refractivity contribution in [2.45, 2.75) is 51.7 Å². The topological polar surface area (TPSA) is 76.8 Å². The summed E-state index contributed by atoms with van der Waals surface area (Å²) >= 11 is 0. The van der Waals surface area contributed by atoms with Gasteiger partial charge in [-0.05, 0) is 43.7 Å². The summed E-state index contributed by atoms with van der Waals surface area (Å²) in [6.07, 6.45) is 2.35. The lowest BCUT2D eigenvalue weighted by molar-refractivity contribution is -0.138. The zero-order chi connectivity index (χ0) is 24.5. The molecule has 1 amide bonds. The molecular weight excluding hydrogens is 452 g/mol. The van der Waals surface area contributed by atoms with Crippen LogP contribution < -0.4 is 0 Å². The number of carbonyl (C=O) groups excluding carboxylic acids is 1. The van der Waals surface area contributed by atoms with Crippen LogP contribution >= 0.6 is 0 Å². The highest BCUT2D eigenvalue weighted by atomic mass is 19.4. The van der Waals surface area contributed by atoms with Crippen molar-refractivity contribution in [2.75, 3.05) is 6.54 Å². The van der Waals surface area contributed by atoms with E-state index in [0.717, 1.165) is 30.0 Å². The maximum Gasteiger partial charge on any atom is 0.419 e. The second-order valence-electron chi connectivity index (χ2n) is 8.52. The van der Waals surface area contributed by atoms with Gasteiger partial charge in [0.2, 0.25) is 0 Å². The van der Waals surface area contributed by atoms with Gasteiger partial charge >= 0.3 is 6.18 Å². The first-order chi connectivity index (χ1) is 16.2. The summed E-state index contributed by atoms with van der Waals surface area (Å²) < 4.78 is 53.4. The maximum atomic E-state index is 15.0. The number of aryl methyl sites for hydroxylation is 2. The predicted octanol–water partition coefficient (Wildman–Crippen LogP) is 4.40. The predicted molar refractivity (Wildman–Crippen MR) is 115 cm³/mol. The zero-order valence-corrected chi connectivity index (χ0v) is 18.8. The standard InChI is InChI=1S/C23H24F4N6O/c1-14-4-3-11-32(18(14)7-8-19-28-12-16(13-29-19)23(25,26)27)22(34)17-6-5-15(2)20(24)21(17)33-30-9-10-31-33/h5-6,9-10,12-14,18H,3-4,7-8,11H2,1-2H3/t14-,18-/m1/s1. The molecule has 3 aromatic rings. The second kappa shape index (κ2) is 9.47. The van der Waals surface area contributed by atoms with Crippen LogP contribution in [0.2, 0.25) is 0 Å². The Morgan fingerprint density at radius 2 is 1.82 bits per heavy atom. The van der Waals surface area contributed by atoms with Crippen LogP contribution in [0.25, 0.3) is 5.69 Å². The molecule has 4 rings (SSSR count). The number of aromatic nitrogens is 5. The van der Waals surface area contributed by atoms with Gasteiger partial charge in [-0.25, -0.2) is 14.4 Å². The van der Waals surface area contributed by atoms with Crippen molar-refractivity contribution < 1.29 is 22.4 Å². The van der Waals surface area contributed by atoms with Gasteiger partial charge in [-0.2, -0.15) is 23.4 Å². The molecule has 34 heavy (non-hydrogen) atoms. The van der Waals surface area contributed by atoms with Gasteiger partial charge in [0, 0.05) is 31.4 Å². The molecular formula is C23H24F4N6O. The Labute approximate surface area is 193 Å². The molecule has 7 nitrogen and oxygen atoms in total. The molecule has 2 aromatic heterocycles. The Morgan fingerprint density at radius 3 is 2.47 bits per heavy atom. The van der Waals surface area contributed by atoms with Gasteiger partial charge in [-0.15, -0.1) is 4.80 Å². The van der Waals surface area contributed by atoms with Crippen LogP contribution in [-0.4, -0.2) is 48.4 Å². The molecule has 0 aliphatic carbocycles. The van der Waals surface area contributed by atoms with E-state index in [9.17, 15) is 18.0 Å². The quantitative estimate of drug-likeness (QED) is 0.511. The third-order valence-electron chi connectivity index (χ3n) is 6.23. The van der Waals surface area contributed by atoms with E-state index >= 15 is 4.39 Å². The number of nitrogens with zero attached hydrogens (tertiary/aromatic N) is 6. The van der Waals surface area contributed by atoms with Crippen LogP contribution in [0.15, 0.2) is 36.9 Å². The van der Waals surface area contributed by atoms with E-state index in [2.05, 4.69) is 20.2 Å². The Morgan fingerprint density at radius 1 is 1.15 bits per heavy atom. The summed E-state index contributed by atoms with van der Waals surface area (Å²) in [6.45, 7) is 4.12. The van der Waals surface area contributed by atoms with Crippen molar-refractivity contribution in [3.8, 4) is 5.69 Å². The third-order valence-corrected chi connectivity index (χ3v) is 6.23. The van der Waals surface area contributed by atoms with Crippen molar-refractivity contribution >= 4 is 5.91 Å². The summed E-state index contributed by atoms with van der Waals surface area (Å²) in [7, 11) is 0. The Hall–Kier alpha value is -3.37.